The molecule has 4 rings (SSSR count). The predicted octanol–water partition coefficient (Wildman–Crippen LogP) is 1.69. The van der Waals surface area contributed by atoms with Gasteiger partial charge in [-0.15, -0.1) is 5.10 Å². The molecule has 30 heavy (non-hydrogen) atoms. The number of aryl methyl sites for hydroxylation is 1. The van der Waals surface area contributed by atoms with Gasteiger partial charge in [0, 0.05) is 39.0 Å². The Morgan fingerprint density at radius 1 is 0.933 bits per heavy atom. The Balaban J connectivity index is 1.37. The van der Waals surface area contributed by atoms with E-state index in [2.05, 4.69) is 56.5 Å². The number of sulfone groups is 1. The van der Waals surface area contributed by atoms with E-state index < -0.39 is 9.84 Å². The van der Waals surface area contributed by atoms with E-state index in [0.717, 1.165) is 44.2 Å². The molecule has 158 valence electrons. The zero-order valence-corrected chi connectivity index (χ0v) is 18.1. The Bertz CT molecular complexity index is 1100. The third-order valence-corrected chi connectivity index (χ3v) is 6.49. The first kappa shape index (κ1) is 20.6. The molecule has 3 aromatic rings. The van der Waals surface area contributed by atoms with Crippen molar-refractivity contribution in [3.63, 3.8) is 0 Å². The molecule has 2 aromatic carbocycles. The molecule has 0 amide bonds. The largest absolute Gasteiger partial charge is 0.297 e. The lowest BCUT2D eigenvalue weighted by Gasteiger charge is -2.34. The summed E-state index contributed by atoms with van der Waals surface area (Å²) in [7, 11) is -3.23. The molecule has 9 heteroatoms. The van der Waals surface area contributed by atoms with Gasteiger partial charge in [-0.25, -0.2) is 8.42 Å². The zero-order chi connectivity index (χ0) is 21.1. The van der Waals surface area contributed by atoms with Crippen molar-refractivity contribution in [3.8, 4) is 5.69 Å². The summed E-state index contributed by atoms with van der Waals surface area (Å²) < 4.78 is 25.0. The number of hydrogen-bond donors (Lipinski definition) is 0. The van der Waals surface area contributed by atoms with Crippen LogP contribution in [0.4, 0.5) is 0 Å². The molecule has 0 aliphatic carbocycles. The molecule has 0 atom stereocenters. The van der Waals surface area contributed by atoms with E-state index in [1.807, 2.05) is 0 Å². The summed E-state index contributed by atoms with van der Waals surface area (Å²) in [5.41, 5.74) is 3.40. The van der Waals surface area contributed by atoms with Gasteiger partial charge in [-0.2, -0.15) is 4.68 Å². The van der Waals surface area contributed by atoms with E-state index in [9.17, 15) is 8.42 Å². The van der Waals surface area contributed by atoms with Crippen molar-refractivity contribution in [1.82, 2.24) is 30.0 Å². The van der Waals surface area contributed by atoms with Crippen LogP contribution >= 0.6 is 0 Å². The maximum Gasteiger partial charge on any atom is 0.175 e. The molecule has 0 radical (unpaired) electrons. The van der Waals surface area contributed by atoms with Gasteiger partial charge in [0.15, 0.2) is 15.7 Å². The molecule has 1 fully saturated rings. The predicted molar refractivity (Wildman–Crippen MR) is 114 cm³/mol. The van der Waals surface area contributed by atoms with Crippen LogP contribution in [0.3, 0.4) is 0 Å². The fourth-order valence-corrected chi connectivity index (χ4v) is 4.34. The fraction of sp³-hybridized carbons (Fsp3) is 0.381. The minimum absolute atomic E-state index is 0.283. The lowest BCUT2D eigenvalue weighted by Crippen LogP contribution is -2.45. The monoisotopic (exact) mass is 426 g/mol. The summed E-state index contributed by atoms with van der Waals surface area (Å²) in [4.78, 5) is 5.10. The number of nitrogens with zero attached hydrogens (tertiary/aromatic N) is 6. The molecule has 8 nitrogen and oxygen atoms in total. The Morgan fingerprint density at radius 3 is 2.23 bits per heavy atom. The SMILES string of the molecule is Cc1cccc(CN2CCN(Cc3nnnn3-c3ccc(S(C)(=O)=O)cc3)CC2)c1. The first-order chi connectivity index (χ1) is 14.4. The highest BCUT2D eigenvalue weighted by Crippen LogP contribution is 2.16. The van der Waals surface area contributed by atoms with E-state index in [-0.39, 0.29) is 4.90 Å². The maximum absolute atomic E-state index is 11.7. The van der Waals surface area contributed by atoms with Gasteiger partial charge in [-0.3, -0.25) is 9.80 Å². The average Bonchev–Trinajstić information content (AvgIpc) is 3.17. The summed E-state index contributed by atoms with van der Waals surface area (Å²) in [6.45, 7) is 7.65. The molecular weight excluding hydrogens is 400 g/mol. The van der Waals surface area contributed by atoms with Gasteiger partial charge in [-0.1, -0.05) is 29.8 Å². The van der Waals surface area contributed by atoms with Crippen LogP contribution in [-0.4, -0.2) is 70.9 Å². The van der Waals surface area contributed by atoms with Gasteiger partial charge in [0.1, 0.15) is 0 Å². The van der Waals surface area contributed by atoms with Crippen molar-refractivity contribution in [3.05, 3.63) is 65.5 Å². The molecule has 1 aliphatic rings. The number of tetrazole rings is 1. The minimum Gasteiger partial charge on any atom is -0.297 e. The Hall–Kier alpha value is -2.62. The van der Waals surface area contributed by atoms with Crippen molar-refractivity contribution < 1.29 is 8.42 Å². The lowest BCUT2D eigenvalue weighted by atomic mass is 10.1. The average molecular weight is 427 g/mol. The molecule has 0 bridgehead atoms. The van der Waals surface area contributed by atoms with Gasteiger partial charge in [0.05, 0.1) is 17.1 Å². The second kappa shape index (κ2) is 8.63. The molecule has 0 unspecified atom stereocenters. The third kappa shape index (κ3) is 4.92. The standard InChI is InChI=1S/C21H26N6O2S/c1-17-4-3-5-18(14-17)15-25-10-12-26(13-11-25)16-21-22-23-24-27(21)19-6-8-20(9-7-19)30(2,28)29/h3-9,14H,10-13,15-16H2,1-2H3. The van der Waals surface area contributed by atoms with Crippen LogP contribution in [-0.2, 0) is 22.9 Å². The fourth-order valence-electron chi connectivity index (χ4n) is 3.71. The Labute approximate surface area is 177 Å². The molecule has 0 spiro atoms. The van der Waals surface area contributed by atoms with Crippen LogP contribution < -0.4 is 0 Å². The number of benzene rings is 2. The van der Waals surface area contributed by atoms with E-state index in [4.69, 9.17) is 0 Å². The van der Waals surface area contributed by atoms with Gasteiger partial charge in [0.25, 0.3) is 0 Å². The Morgan fingerprint density at radius 2 is 1.60 bits per heavy atom. The van der Waals surface area contributed by atoms with Crippen molar-refractivity contribution in [2.24, 2.45) is 0 Å². The summed E-state index contributed by atoms with van der Waals surface area (Å²) in [6.07, 6.45) is 1.20. The summed E-state index contributed by atoms with van der Waals surface area (Å²) >= 11 is 0. The normalized spacial score (nSPS) is 16.1. The second-order valence-corrected chi connectivity index (χ2v) is 9.83. The first-order valence-electron chi connectivity index (χ1n) is 9.96. The van der Waals surface area contributed by atoms with Crippen LogP contribution in [0.25, 0.3) is 5.69 Å². The molecular formula is C21H26N6O2S. The van der Waals surface area contributed by atoms with Gasteiger partial charge < -0.3 is 0 Å². The van der Waals surface area contributed by atoms with Crippen molar-refractivity contribution in [2.45, 2.75) is 24.9 Å². The van der Waals surface area contributed by atoms with E-state index in [1.54, 1.807) is 28.9 Å². The maximum atomic E-state index is 11.7. The van der Waals surface area contributed by atoms with E-state index in [0.29, 0.717) is 6.54 Å². The highest BCUT2D eigenvalue weighted by molar-refractivity contribution is 7.90. The van der Waals surface area contributed by atoms with Crippen LogP contribution in [0, 0.1) is 6.92 Å². The smallest absolute Gasteiger partial charge is 0.175 e. The number of rotatable bonds is 6. The van der Waals surface area contributed by atoms with Gasteiger partial charge in [0.2, 0.25) is 0 Å². The molecule has 0 saturated carbocycles. The summed E-state index contributed by atoms with van der Waals surface area (Å²) in [6, 6.07) is 15.3. The van der Waals surface area contributed by atoms with E-state index >= 15 is 0 Å². The molecule has 2 heterocycles. The quantitative estimate of drug-likeness (QED) is 0.593. The van der Waals surface area contributed by atoms with Crippen molar-refractivity contribution >= 4 is 9.84 Å². The second-order valence-electron chi connectivity index (χ2n) is 7.81. The highest BCUT2D eigenvalue weighted by atomic mass is 32.2. The zero-order valence-electron chi connectivity index (χ0n) is 17.3. The van der Waals surface area contributed by atoms with Crippen molar-refractivity contribution in [2.75, 3.05) is 32.4 Å². The van der Waals surface area contributed by atoms with Crippen LogP contribution in [0.15, 0.2) is 53.4 Å². The first-order valence-corrected chi connectivity index (χ1v) is 11.9. The highest BCUT2D eigenvalue weighted by Gasteiger charge is 2.20. The number of piperazine rings is 1. The third-order valence-electron chi connectivity index (χ3n) is 5.36. The lowest BCUT2D eigenvalue weighted by molar-refractivity contribution is 0.119. The van der Waals surface area contributed by atoms with Crippen LogP contribution in [0.1, 0.15) is 17.0 Å². The van der Waals surface area contributed by atoms with E-state index in [1.165, 1.54) is 17.4 Å². The number of aromatic nitrogens is 4. The summed E-state index contributed by atoms with van der Waals surface area (Å²) in [5, 5.41) is 12.1. The minimum atomic E-state index is -3.23. The van der Waals surface area contributed by atoms with Crippen LogP contribution in [0.5, 0.6) is 0 Å². The molecule has 1 saturated heterocycles. The topological polar surface area (TPSA) is 84.2 Å². The molecule has 1 aliphatic heterocycles. The van der Waals surface area contributed by atoms with Gasteiger partial charge in [-0.05, 0) is 47.2 Å². The summed E-state index contributed by atoms with van der Waals surface area (Å²) in [5.74, 6) is 0.745. The van der Waals surface area contributed by atoms with Gasteiger partial charge >= 0.3 is 0 Å². The van der Waals surface area contributed by atoms with Crippen molar-refractivity contribution in [1.29, 1.82) is 0 Å². The molecule has 0 N–H and O–H groups in total. The number of hydrogen-bond acceptors (Lipinski definition) is 7. The molecule has 1 aromatic heterocycles. The van der Waals surface area contributed by atoms with Crippen LogP contribution in [0.2, 0.25) is 0 Å². The Kier molecular flexibility index (Phi) is 5.94.